The number of carboxylic acid groups (broad SMARTS) is 1. The van der Waals surface area contributed by atoms with Gasteiger partial charge in [0.15, 0.2) is 5.82 Å². The average Bonchev–Trinajstić information content (AvgIpc) is 3.17. The minimum absolute atomic E-state index is 0.114. The van der Waals surface area contributed by atoms with E-state index >= 15 is 0 Å². The molecule has 1 aromatic carbocycles. The minimum atomic E-state index is -1.10. The van der Waals surface area contributed by atoms with Crippen LogP contribution in [0, 0.1) is 0 Å². The third-order valence-corrected chi connectivity index (χ3v) is 4.83. The Morgan fingerprint density at radius 1 is 1.22 bits per heavy atom. The molecule has 0 aliphatic carbocycles. The van der Waals surface area contributed by atoms with Crippen molar-refractivity contribution in [3.63, 3.8) is 0 Å². The summed E-state index contributed by atoms with van der Waals surface area (Å²) in [6.07, 6.45) is 3.06. The first-order valence-electron chi connectivity index (χ1n) is 7.55. The van der Waals surface area contributed by atoms with Gasteiger partial charge in [-0.25, -0.2) is 4.68 Å². The molecule has 3 aromatic rings. The van der Waals surface area contributed by atoms with Crippen molar-refractivity contribution in [2.24, 2.45) is 0 Å². The number of nitrogens with zero attached hydrogens (tertiary/aromatic N) is 4. The van der Waals surface area contributed by atoms with Gasteiger partial charge in [0, 0.05) is 12.4 Å². The molecule has 0 bridgehead atoms. The van der Waals surface area contributed by atoms with Crippen LogP contribution in [0.2, 0.25) is 10.0 Å². The van der Waals surface area contributed by atoms with Crippen LogP contribution in [0.1, 0.15) is 16.1 Å². The fraction of sp³-hybridized carbons (Fsp3) is 0.125. The van der Waals surface area contributed by atoms with Crippen LogP contribution in [0.25, 0.3) is 0 Å². The Labute approximate surface area is 171 Å². The van der Waals surface area contributed by atoms with Crippen LogP contribution in [0.4, 0.5) is 5.82 Å². The number of carbonyl (C=O) groups excluding carboxylic acids is 1. The van der Waals surface area contributed by atoms with E-state index in [4.69, 9.17) is 28.3 Å². The first-order valence-corrected chi connectivity index (χ1v) is 9.10. The molecule has 2 N–H and O–H groups in total. The largest absolute Gasteiger partial charge is 0.480 e. The molecule has 3 rings (SSSR count). The molecule has 0 spiro atoms. The van der Waals surface area contributed by atoms with Gasteiger partial charge in [-0.1, -0.05) is 29.3 Å². The third-order valence-electron chi connectivity index (χ3n) is 3.51. The number of amides is 1. The van der Waals surface area contributed by atoms with Gasteiger partial charge >= 0.3 is 5.97 Å². The number of hydrogen-bond acceptors (Lipinski definition) is 4. The van der Waals surface area contributed by atoms with Crippen LogP contribution in [-0.2, 0) is 17.9 Å². The van der Waals surface area contributed by atoms with Crippen molar-refractivity contribution in [2.75, 3.05) is 5.32 Å². The Bertz CT molecular complexity index is 1020. The van der Waals surface area contributed by atoms with Crippen molar-refractivity contribution < 1.29 is 14.7 Å². The Morgan fingerprint density at radius 2 is 2.00 bits per heavy atom. The number of rotatable bonds is 6. The maximum atomic E-state index is 12.4. The van der Waals surface area contributed by atoms with Gasteiger partial charge in [0.05, 0.1) is 21.1 Å². The van der Waals surface area contributed by atoms with E-state index in [1.165, 1.54) is 12.3 Å². The van der Waals surface area contributed by atoms with Gasteiger partial charge in [0.1, 0.15) is 12.2 Å². The van der Waals surface area contributed by atoms with Gasteiger partial charge in [0.2, 0.25) is 0 Å². The van der Waals surface area contributed by atoms with E-state index in [1.54, 1.807) is 23.0 Å². The quantitative estimate of drug-likeness (QED) is 0.571. The van der Waals surface area contributed by atoms with E-state index in [9.17, 15) is 9.59 Å². The second-order valence-electron chi connectivity index (χ2n) is 5.49. The maximum Gasteiger partial charge on any atom is 0.325 e. The normalized spacial score (nSPS) is 10.8. The molecule has 0 saturated heterocycles. The van der Waals surface area contributed by atoms with Crippen molar-refractivity contribution >= 4 is 56.8 Å². The molecule has 0 unspecified atom stereocenters. The molecule has 0 aliphatic heterocycles. The zero-order valence-corrected chi connectivity index (χ0v) is 16.7. The molecule has 2 heterocycles. The summed E-state index contributed by atoms with van der Waals surface area (Å²) in [5.41, 5.74) is 1.00. The van der Waals surface area contributed by atoms with Crippen molar-refractivity contribution in [1.29, 1.82) is 0 Å². The Morgan fingerprint density at radius 3 is 2.70 bits per heavy atom. The van der Waals surface area contributed by atoms with Crippen molar-refractivity contribution in [1.82, 2.24) is 19.6 Å². The highest BCUT2D eigenvalue weighted by molar-refractivity contribution is 9.10. The summed E-state index contributed by atoms with van der Waals surface area (Å²) in [5.74, 6) is -1.32. The van der Waals surface area contributed by atoms with E-state index in [1.807, 2.05) is 6.07 Å². The number of carbonyl (C=O) groups is 2. The Hall–Kier alpha value is -2.36. The van der Waals surface area contributed by atoms with Crippen LogP contribution in [0.3, 0.4) is 0 Å². The van der Waals surface area contributed by atoms with Gasteiger partial charge < -0.3 is 10.4 Å². The monoisotopic (exact) mass is 471 g/mol. The number of carboxylic acids is 1. The second-order valence-corrected chi connectivity index (χ2v) is 7.16. The minimum Gasteiger partial charge on any atom is -0.480 e. The van der Waals surface area contributed by atoms with Gasteiger partial charge in [0.25, 0.3) is 5.91 Å². The number of aliphatic carboxylic acids is 1. The summed E-state index contributed by atoms with van der Waals surface area (Å²) in [7, 11) is 0. The highest BCUT2D eigenvalue weighted by atomic mass is 79.9. The smallest absolute Gasteiger partial charge is 0.325 e. The topological polar surface area (TPSA) is 102 Å². The zero-order valence-electron chi connectivity index (χ0n) is 13.6. The lowest BCUT2D eigenvalue weighted by Crippen LogP contribution is -2.21. The first-order chi connectivity index (χ1) is 12.8. The van der Waals surface area contributed by atoms with Crippen molar-refractivity contribution in [2.45, 2.75) is 13.1 Å². The van der Waals surface area contributed by atoms with Crippen LogP contribution in [0.15, 0.2) is 41.1 Å². The van der Waals surface area contributed by atoms with Crippen molar-refractivity contribution in [3.05, 3.63) is 62.4 Å². The zero-order chi connectivity index (χ0) is 19.6. The average molecular weight is 473 g/mol. The molecule has 2 aromatic heterocycles. The van der Waals surface area contributed by atoms with Crippen LogP contribution in [0.5, 0.6) is 0 Å². The lowest BCUT2D eigenvalue weighted by Gasteiger charge is -2.05. The van der Waals surface area contributed by atoms with E-state index in [0.717, 1.165) is 10.2 Å². The summed E-state index contributed by atoms with van der Waals surface area (Å²) in [6.45, 7) is 0.00496. The van der Waals surface area contributed by atoms with E-state index in [2.05, 4.69) is 31.4 Å². The number of nitrogens with one attached hydrogen (secondary N) is 1. The molecule has 0 radical (unpaired) electrons. The van der Waals surface area contributed by atoms with E-state index < -0.39 is 18.4 Å². The van der Waals surface area contributed by atoms with Gasteiger partial charge in [-0.05, 0) is 39.7 Å². The predicted octanol–water partition coefficient (Wildman–Crippen LogP) is 3.53. The number of aromatic nitrogens is 4. The van der Waals surface area contributed by atoms with Gasteiger partial charge in [-0.3, -0.25) is 14.3 Å². The number of hydrogen-bond donors (Lipinski definition) is 2. The van der Waals surface area contributed by atoms with E-state index in [-0.39, 0.29) is 5.69 Å². The first kappa shape index (κ1) is 19.4. The molecule has 0 atom stereocenters. The number of anilines is 1. The fourth-order valence-corrected chi connectivity index (χ4v) is 3.07. The van der Waals surface area contributed by atoms with E-state index in [0.29, 0.717) is 26.9 Å². The summed E-state index contributed by atoms with van der Waals surface area (Å²) < 4.78 is 3.28. The van der Waals surface area contributed by atoms with Crippen LogP contribution in [-0.4, -0.2) is 36.5 Å². The highest BCUT2D eigenvalue weighted by Gasteiger charge is 2.17. The van der Waals surface area contributed by atoms with Crippen molar-refractivity contribution in [3.8, 4) is 0 Å². The lowest BCUT2D eigenvalue weighted by molar-refractivity contribution is -0.137. The number of benzene rings is 1. The molecule has 11 heteroatoms. The molecule has 1 amide bonds. The summed E-state index contributed by atoms with van der Waals surface area (Å²) in [5, 5.41) is 20.6. The van der Waals surface area contributed by atoms with Crippen LogP contribution < -0.4 is 5.32 Å². The molecule has 140 valence electrons. The highest BCUT2D eigenvalue weighted by Crippen LogP contribution is 2.25. The molecule has 27 heavy (non-hydrogen) atoms. The molecule has 0 aliphatic rings. The molecule has 0 saturated carbocycles. The molecular weight excluding hydrogens is 461 g/mol. The summed E-state index contributed by atoms with van der Waals surface area (Å²) >= 11 is 15.3. The molecular formula is C16H12BrCl2N5O3. The van der Waals surface area contributed by atoms with Gasteiger partial charge in [-0.2, -0.15) is 10.2 Å². The molecule has 8 nitrogen and oxygen atoms in total. The predicted molar refractivity (Wildman–Crippen MR) is 103 cm³/mol. The van der Waals surface area contributed by atoms with Crippen LogP contribution >= 0.6 is 39.1 Å². The number of halogens is 3. The maximum absolute atomic E-state index is 12.4. The lowest BCUT2D eigenvalue weighted by atomic mass is 10.2. The Kier molecular flexibility index (Phi) is 5.83. The third kappa shape index (κ3) is 4.68. The summed E-state index contributed by atoms with van der Waals surface area (Å²) in [6, 6.07) is 6.69. The second kappa shape index (κ2) is 8.12. The SMILES string of the molecule is O=C(O)Cn1nccc1C(=O)Nc1nn(Cc2ccc(Cl)c(Cl)c2)cc1Br. The fourth-order valence-electron chi connectivity index (χ4n) is 2.34. The molecule has 0 fully saturated rings. The summed E-state index contributed by atoms with van der Waals surface area (Å²) in [4.78, 5) is 23.3. The standard InChI is InChI=1S/C16H12BrCl2N5O3/c17-10-7-23(6-9-1-2-11(18)12(19)5-9)22-15(10)21-16(27)13-3-4-20-24(13)8-14(25)26/h1-5,7H,6,8H2,(H,25,26)(H,21,22,27). The Balaban J connectivity index is 1.75. The van der Waals surface area contributed by atoms with Gasteiger partial charge in [-0.15, -0.1) is 0 Å².